The first-order valence-electron chi connectivity index (χ1n) is 7.27. The summed E-state index contributed by atoms with van der Waals surface area (Å²) in [5, 5.41) is 0. The summed E-state index contributed by atoms with van der Waals surface area (Å²) in [5.41, 5.74) is 7.27. The van der Waals surface area contributed by atoms with E-state index in [1.54, 1.807) is 7.11 Å². The maximum Gasteiger partial charge on any atom is 0.119 e. The molecule has 4 nitrogen and oxygen atoms in total. The highest BCUT2D eigenvalue weighted by Gasteiger charge is 2.23. The molecule has 1 aromatic rings. The van der Waals surface area contributed by atoms with Gasteiger partial charge in [0.15, 0.2) is 0 Å². The van der Waals surface area contributed by atoms with Crippen LogP contribution in [0.2, 0.25) is 0 Å². The summed E-state index contributed by atoms with van der Waals surface area (Å²) in [6.45, 7) is 7.06. The molecule has 0 bridgehead atoms. The first-order chi connectivity index (χ1) is 9.53. The summed E-state index contributed by atoms with van der Waals surface area (Å²) in [6, 6.07) is 8.89. The van der Waals surface area contributed by atoms with Crippen molar-refractivity contribution in [3.63, 3.8) is 0 Å². The lowest BCUT2D eigenvalue weighted by atomic mass is 10.0. The van der Waals surface area contributed by atoms with Crippen molar-refractivity contribution < 1.29 is 4.74 Å². The molecule has 0 saturated carbocycles. The smallest absolute Gasteiger partial charge is 0.119 e. The van der Waals surface area contributed by atoms with E-state index in [4.69, 9.17) is 10.5 Å². The number of nitrogens with two attached hydrogens (primary N) is 1. The van der Waals surface area contributed by atoms with Gasteiger partial charge < -0.3 is 15.4 Å². The summed E-state index contributed by atoms with van der Waals surface area (Å²) in [6.07, 6.45) is 0. The fraction of sp³-hybridized carbons (Fsp3) is 0.625. The monoisotopic (exact) mass is 279 g/mol. The zero-order valence-corrected chi connectivity index (χ0v) is 13.5. The highest BCUT2D eigenvalue weighted by molar-refractivity contribution is 5.30. The van der Waals surface area contributed by atoms with E-state index in [0.29, 0.717) is 12.6 Å². The third-order valence-corrected chi connectivity index (χ3v) is 3.66. The Morgan fingerprint density at radius 1 is 1.30 bits per heavy atom. The SMILES string of the molecule is CCN(C(C)CN(C)C)C(CN)c1cccc(OC)c1. The van der Waals surface area contributed by atoms with Gasteiger partial charge in [0, 0.05) is 25.2 Å². The largest absolute Gasteiger partial charge is 0.497 e. The van der Waals surface area contributed by atoms with Gasteiger partial charge in [-0.15, -0.1) is 0 Å². The van der Waals surface area contributed by atoms with E-state index in [-0.39, 0.29) is 6.04 Å². The molecule has 0 spiro atoms. The molecule has 0 saturated heterocycles. The standard InChI is InChI=1S/C16H29N3O/c1-6-19(13(2)12-18(3)4)16(11-17)14-8-7-9-15(10-14)20-5/h7-10,13,16H,6,11-12,17H2,1-5H3. The van der Waals surface area contributed by atoms with Crippen molar-refractivity contribution in [2.45, 2.75) is 25.9 Å². The van der Waals surface area contributed by atoms with Crippen LogP contribution in [-0.4, -0.2) is 56.7 Å². The molecule has 2 unspecified atom stereocenters. The van der Waals surface area contributed by atoms with Gasteiger partial charge in [-0.25, -0.2) is 0 Å². The molecule has 2 N–H and O–H groups in total. The number of rotatable bonds is 8. The number of methoxy groups -OCH3 is 1. The van der Waals surface area contributed by atoms with Crippen molar-refractivity contribution in [1.29, 1.82) is 0 Å². The topological polar surface area (TPSA) is 41.7 Å². The van der Waals surface area contributed by atoms with Gasteiger partial charge in [0.2, 0.25) is 0 Å². The lowest BCUT2D eigenvalue weighted by Crippen LogP contribution is -2.44. The molecule has 1 aromatic carbocycles. The molecule has 1 rings (SSSR count). The lowest BCUT2D eigenvalue weighted by molar-refractivity contribution is 0.131. The molecule has 0 heterocycles. The quantitative estimate of drug-likeness (QED) is 0.790. The summed E-state index contributed by atoms with van der Waals surface area (Å²) in [4.78, 5) is 4.67. The van der Waals surface area contributed by atoms with E-state index < -0.39 is 0 Å². The van der Waals surface area contributed by atoms with Gasteiger partial charge in [0.05, 0.1) is 7.11 Å². The van der Waals surface area contributed by atoms with Gasteiger partial charge in [-0.2, -0.15) is 0 Å². The van der Waals surface area contributed by atoms with Crippen LogP contribution >= 0.6 is 0 Å². The maximum atomic E-state index is 6.05. The molecule has 0 aromatic heterocycles. The second kappa shape index (κ2) is 8.25. The van der Waals surface area contributed by atoms with Crippen molar-refractivity contribution in [3.05, 3.63) is 29.8 Å². The minimum absolute atomic E-state index is 0.227. The zero-order valence-electron chi connectivity index (χ0n) is 13.5. The lowest BCUT2D eigenvalue weighted by Gasteiger charge is -2.36. The Labute approximate surface area is 123 Å². The predicted molar refractivity (Wildman–Crippen MR) is 85.2 cm³/mol. The predicted octanol–water partition coefficient (Wildman–Crippen LogP) is 1.97. The molecule has 4 heteroatoms. The van der Waals surface area contributed by atoms with Crippen LogP contribution in [0.4, 0.5) is 0 Å². The fourth-order valence-electron chi connectivity index (χ4n) is 2.78. The molecule has 2 atom stereocenters. The van der Waals surface area contributed by atoms with Gasteiger partial charge in [-0.1, -0.05) is 19.1 Å². The first-order valence-corrected chi connectivity index (χ1v) is 7.27. The summed E-state index contributed by atoms with van der Waals surface area (Å²) < 4.78 is 5.32. The normalized spacial score (nSPS) is 14.6. The van der Waals surface area contributed by atoms with Crippen LogP contribution in [0, 0.1) is 0 Å². The molecule has 0 aliphatic heterocycles. The van der Waals surface area contributed by atoms with Crippen molar-refractivity contribution in [2.24, 2.45) is 5.73 Å². The number of ether oxygens (including phenoxy) is 1. The Kier molecular flexibility index (Phi) is 6.99. The van der Waals surface area contributed by atoms with Crippen molar-refractivity contribution in [2.75, 3.05) is 40.8 Å². The Balaban J connectivity index is 2.95. The third kappa shape index (κ3) is 4.47. The molecular weight excluding hydrogens is 250 g/mol. The summed E-state index contributed by atoms with van der Waals surface area (Å²) >= 11 is 0. The minimum atomic E-state index is 0.227. The highest BCUT2D eigenvalue weighted by Crippen LogP contribution is 2.25. The Hall–Kier alpha value is -1.10. The maximum absolute atomic E-state index is 6.05. The van der Waals surface area contributed by atoms with Gasteiger partial charge in [-0.3, -0.25) is 4.90 Å². The van der Waals surface area contributed by atoms with Gasteiger partial charge in [-0.05, 0) is 45.3 Å². The first kappa shape index (κ1) is 17.0. The van der Waals surface area contributed by atoms with Crippen LogP contribution in [0.25, 0.3) is 0 Å². The van der Waals surface area contributed by atoms with Gasteiger partial charge >= 0.3 is 0 Å². The summed E-state index contributed by atoms with van der Waals surface area (Å²) in [7, 11) is 5.91. The highest BCUT2D eigenvalue weighted by atomic mass is 16.5. The molecule has 0 aliphatic rings. The van der Waals surface area contributed by atoms with Gasteiger partial charge in [0.25, 0.3) is 0 Å². The summed E-state index contributed by atoms with van der Waals surface area (Å²) in [5.74, 6) is 0.886. The van der Waals surface area contributed by atoms with Crippen LogP contribution in [0.15, 0.2) is 24.3 Å². The van der Waals surface area contributed by atoms with E-state index >= 15 is 0 Å². The number of nitrogens with zero attached hydrogens (tertiary/aromatic N) is 2. The Bertz CT molecular complexity index is 395. The van der Waals surface area contributed by atoms with E-state index in [0.717, 1.165) is 18.8 Å². The molecule has 0 amide bonds. The number of hydrogen-bond donors (Lipinski definition) is 1. The molecule has 114 valence electrons. The molecular formula is C16H29N3O. The fourth-order valence-corrected chi connectivity index (χ4v) is 2.78. The second-order valence-corrected chi connectivity index (χ2v) is 5.47. The molecule has 20 heavy (non-hydrogen) atoms. The Morgan fingerprint density at radius 2 is 2.00 bits per heavy atom. The third-order valence-electron chi connectivity index (χ3n) is 3.66. The van der Waals surface area contributed by atoms with Gasteiger partial charge in [0.1, 0.15) is 5.75 Å². The van der Waals surface area contributed by atoms with Crippen LogP contribution in [0.1, 0.15) is 25.5 Å². The molecule has 0 aliphatic carbocycles. The zero-order chi connectivity index (χ0) is 15.1. The van der Waals surface area contributed by atoms with Crippen LogP contribution < -0.4 is 10.5 Å². The Morgan fingerprint density at radius 3 is 2.50 bits per heavy atom. The van der Waals surface area contributed by atoms with Crippen molar-refractivity contribution in [1.82, 2.24) is 9.80 Å². The van der Waals surface area contributed by atoms with E-state index in [9.17, 15) is 0 Å². The van der Waals surface area contributed by atoms with Crippen molar-refractivity contribution in [3.8, 4) is 5.75 Å². The number of hydrogen-bond acceptors (Lipinski definition) is 4. The van der Waals surface area contributed by atoms with E-state index in [1.807, 2.05) is 12.1 Å². The molecule has 0 fully saturated rings. The van der Waals surface area contributed by atoms with Crippen LogP contribution in [0.3, 0.4) is 0 Å². The average molecular weight is 279 g/mol. The van der Waals surface area contributed by atoms with E-state index in [2.05, 4.69) is 49.9 Å². The van der Waals surface area contributed by atoms with Crippen LogP contribution in [-0.2, 0) is 0 Å². The van der Waals surface area contributed by atoms with Crippen LogP contribution in [0.5, 0.6) is 5.75 Å². The van der Waals surface area contributed by atoms with Crippen molar-refractivity contribution >= 4 is 0 Å². The average Bonchev–Trinajstić information content (AvgIpc) is 2.43. The second-order valence-electron chi connectivity index (χ2n) is 5.47. The van der Waals surface area contributed by atoms with E-state index in [1.165, 1.54) is 5.56 Å². The number of likely N-dealkylation sites (N-methyl/N-ethyl adjacent to an activating group) is 2. The minimum Gasteiger partial charge on any atom is -0.497 e. The number of benzene rings is 1. The molecule has 0 radical (unpaired) electrons.